The van der Waals surface area contributed by atoms with Crippen molar-refractivity contribution in [1.82, 2.24) is 4.90 Å². The van der Waals surface area contributed by atoms with Gasteiger partial charge < -0.3 is 9.64 Å². The Hall–Kier alpha value is -2.17. The number of halogens is 1. The number of methoxy groups -OCH3 is 1. The first-order chi connectivity index (χ1) is 10.1. The molecule has 0 bridgehead atoms. The number of likely N-dealkylation sites (tertiary alicyclic amines) is 1. The third-order valence-corrected chi connectivity index (χ3v) is 3.58. The molecule has 1 heterocycles. The molecule has 1 amide bonds. The fraction of sp³-hybridized carbons (Fsp3) is 0.375. The van der Waals surface area contributed by atoms with Gasteiger partial charge in [0.05, 0.1) is 13.0 Å². The van der Waals surface area contributed by atoms with Crippen LogP contribution in [0.4, 0.5) is 4.39 Å². The van der Waals surface area contributed by atoms with E-state index in [4.69, 9.17) is 4.74 Å². The van der Waals surface area contributed by atoms with Gasteiger partial charge in [0.15, 0.2) is 0 Å². The van der Waals surface area contributed by atoms with E-state index in [9.17, 15) is 14.0 Å². The summed E-state index contributed by atoms with van der Waals surface area (Å²) in [4.78, 5) is 25.2. The summed E-state index contributed by atoms with van der Waals surface area (Å²) >= 11 is 0. The molecular formula is C16H18FNO3. The van der Waals surface area contributed by atoms with Gasteiger partial charge in [-0.15, -0.1) is 0 Å². The Morgan fingerprint density at radius 3 is 2.86 bits per heavy atom. The van der Waals surface area contributed by atoms with Crippen LogP contribution in [0.15, 0.2) is 30.3 Å². The molecule has 0 spiro atoms. The summed E-state index contributed by atoms with van der Waals surface area (Å²) in [7, 11) is 1.35. The van der Waals surface area contributed by atoms with E-state index in [1.807, 2.05) is 0 Å². The standard InChI is InChI=1S/C16H18FNO3/c1-21-16(20)13-6-4-10-18(11-13)15(19)9-8-12-5-2-3-7-14(12)17/h2-3,5,7-9,13H,4,6,10-11H2,1H3/b9-8+. The molecule has 0 aromatic heterocycles. The van der Waals surface area contributed by atoms with Crippen LogP contribution in [-0.4, -0.2) is 37.0 Å². The van der Waals surface area contributed by atoms with Crippen LogP contribution in [0.2, 0.25) is 0 Å². The predicted molar refractivity (Wildman–Crippen MR) is 76.8 cm³/mol. The maximum Gasteiger partial charge on any atom is 0.310 e. The Bertz CT molecular complexity index is 556. The fourth-order valence-corrected chi connectivity index (χ4v) is 2.41. The van der Waals surface area contributed by atoms with Crippen molar-refractivity contribution in [3.05, 3.63) is 41.7 Å². The van der Waals surface area contributed by atoms with Gasteiger partial charge >= 0.3 is 5.97 Å². The number of rotatable bonds is 3. The Morgan fingerprint density at radius 1 is 1.38 bits per heavy atom. The lowest BCUT2D eigenvalue weighted by Crippen LogP contribution is -2.41. The monoisotopic (exact) mass is 291 g/mol. The SMILES string of the molecule is COC(=O)C1CCCN(C(=O)/C=C/c2ccccc2F)C1. The minimum absolute atomic E-state index is 0.216. The van der Waals surface area contributed by atoms with Gasteiger partial charge in [0.1, 0.15) is 5.82 Å². The minimum Gasteiger partial charge on any atom is -0.469 e. The zero-order valence-corrected chi connectivity index (χ0v) is 11.9. The zero-order chi connectivity index (χ0) is 15.2. The number of carbonyl (C=O) groups excluding carboxylic acids is 2. The van der Waals surface area contributed by atoms with E-state index in [0.29, 0.717) is 18.7 Å². The van der Waals surface area contributed by atoms with E-state index < -0.39 is 0 Å². The Balaban J connectivity index is 2.00. The maximum absolute atomic E-state index is 13.5. The minimum atomic E-state index is -0.368. The molecule has 2 rings (SSSR count). The van der Waals surface area contributed by atoms with Gasteiger partial charge in [-0.3, -0.25) is 9.59 Å². The summed E-state index contributed by atoms with van der Waals surface area (Å²) in [5.74, 6) is -1.14. The predicted octanol–water partition coefficient (Wildman–Crippen LogP) is 2.25. The zero-order valence-electron chi connectivity index (χ0n) is 11.9. The molecule has 21 heavy (non-hydrogen) atoms. The number of nitrogens with zero attached hydrogens (tertiary/aromatic N) is 1. The molecule has 4 nitrogen and oxygen atoms in total. The Kier molecular flexibility index (Phi) is 5.09. The summed E-state index contributed by atoms with van der Waals surface area (Å²) in [6.45, 7) is 0.959. The van der Waals surface area contributed by atoms with Crippen LogP contribution in [0.3, 0.4) is 0 Å². The molecule has 0 saturated carbocycles. The van der Waals surface area contributed by atoms with Gasteiger partial charge in [-0.2, -0.15) is 0 Å². The fourth-order valence-electron chi connectivity index (χ4n) is 2.41. The van der Waals surface area contributed by atoms with Crippen LogP contribution < -0.4 is 0 Å². The molecule has 0 N–H and O–H groups in total. The summed E-state index contributed by atoms with van der Waals surface area (Å²) < 4.78 is 18.2. The van der Waals surface area contributed by atoms with Gasteiger partial charge in [0.2, 0.25) is 5.91 Å². The molecular weight excluding hydrogens is 273 g/mol. The molecule has 1 saturated heterocycles. The molecule has 5 heteroatoms. The highest BCUT2D eigenvalue weighted by Crippen LogP contribution is 2.18. The Labute approximate surface area is 123 Å². The van der Waals surface area contributed by atoms with Crippen molar-refractivity contribution in [2.75, 3.05) is 20.2 Å². The summed E-state index contributed by atoms with van der Waals surface area (Å²) in [5, 5.41) is 0. The van der Waals surface area contributed by atoms with Crippen molar-refractivity contribution in [1.29, 1.82) is 0 Å². The number of benzene rings is 1. The third-order valence-electron chi connectivity index (χ3n) is 3.58. The number of carbonyl (C=O) groups is 2. The quantitative estimate of drug-likeness (QED) is 0.634. The highest BCUT2D eigenvalue weighted by molar-refractivity contribution is 5.92. The molecule has 1 fully saturated rings. The molecule has 1 aliphatic rings. The van der Waals surface area contributed by atoms with E-state index in [-0.39, 0.29) is 23.6 Å². The second kappa shape index (κ2) is 7.02. The van der Waals surface area contributed by atoms with Gasteiger partial charge in [0, 0.05) is 24.7 Å². The van der Waals surface area contributed by atoms with E-state index in [1.54, 1.807) is 23.1 Å². The molecule has 1 unspecified atom stereocenters. The average molecular weight is 291 g/mol. The first kappa shape index (κ1) is 15.2. The van der Waals surface area contributed by atoms with E-state index in [0.717, 1.165) is 12.8 Å². The van der Waals surface area contributed by atoms with Gasteiger partial charge in [-0.25, -0.2) is 4.39 Å². The number of hydrogen-bond donors (Lipinski definition) is 0. The van der Waals surface area contributed by atoms with E-state index >= 15 is 0 Å². The summed E-state index contributed by atoms with van der Waals surface area (Å²) in [6, 6.07) is 6.26. The van der Waals surface area contributed by atoms with Crippen LogP contribution >= 0.6 is 0 Å². The van der Waals surface area contributed by atoms with Crippen molar-refractivity contribution in [2.24, 2.45) is 5.92 Å². The van der Waals surface area contributed by atoms with Gasteiger partial charge in [0.25, 0.3) is 0 Å². The third kappa shape index (κ3) is 3.90. The topological polar surface area (TPSA) is 46.6 Å². The molecule has 0 aliphatic carbocycles. The highest BCUT2D eigenvalue weighted by atomic mass is 19.1. The smallest absolute Gasteiger partial charge is 0.310 e. The first-order valence-electron chi connectivity index (χ1n) is 6.91. The lowest BCUT2D eigenvalue weighted by molar-refractivity contribution is -0.148. The molecule has 1 aromatic rings. The van der Waals surface area contributed by atoms with E-state index in [2.05, 4.69) is 0 Å². The van der Waals surface area contributed by atoms with Crippen LogP contribution in [0.1, 0.15) is 18.4 Å². The lowest BCUT2D eigenvalue weighted by atomic mass is 9.98. The van der Waals surface area contributed by atoms with Crippen LogP contribution in [0, 0.1) is 11.7 Å². The van der Waals surface area contributed by atoms with Gasteiger partial charge in [-0.1, -0.05) is 18.2 Å². The molecule has 1 atom stereocenters. The van der Waals surface area contributed by atoms with Crippen LogP contribution in [0.25, 0.3) is 6.08 Å². The number of piperidine rings is 1. The maximum atomic E-state index is 13.5. The normalized spacial score (nSPS) is 18.8. The molecule has 0 radical (unpaired) electrons. The van der Waals surface area contributed by atoms with E-state index in [1.165, 1.54) is 25.3 Å². The van der Waals surface area contributed by atoms with Crippen molar-refractivity contribution in [2.45, 2.75) is 12.8 Å². The molecule has 1 aliphatic heterocycles. The van der Waals surface area contributed by atoms with Crippen molar-refractivity contribution in [3.63, 3.8) is 0 Å². The Morgan fingerprint density at radius 2 is 2.14 bits per heavy atom. The molecule has 1 aromatic carbocycles. The van der Waals surface area contributed by atoms with Crippen molar-refractivity contribution < 1.29 is 18.7 Å². The second-order valence-corrected chi connectivity index (χ2v) is 5.00. The number of amides is 1. The van der Waals surface area contributed by atoms with Crippen molar-refractivity contribution >= 4 is 18.0 Å². The largest absolute Gasteiger partial charge is 0.469 e. The van der Waals surface area contributed by atoms with Crippen molar-refractivity contribution in [3.8, 4) is 0 Å². The number of hydrogen-bond acceptors (Lipinski definition) is 3. The average Bonchev–Trinajstić information content (AvgIpc) is 2.53. The van der Waals surface area contributed by atoms with Gasteiger partial charge in [-0.05, 0) is 25.0 Å². The van der Waals surface area contributed by atoms with Crippen LogP contribution in [-0.2, 0) is 14.3 Å². The van der Waals surface area contributed by atoms with Crippen LogP contribution in [0.5, 0.6) is 0 Å². The first-order valence-corrected chi connectivity index (χ1v) is 6.91. The summed E-state index contributed by atoms with van der Waals surface area (Å²) in [5.41, 5.74) is 0.368. The summed E-state index contributed by atoms with van der Waals surface area (Å²) in [6.07, 6.45) is 4.30. The second-order valence-electron chi connectivity index (χ2n) is 5.00. The molecule has 112 valence electrons. The number of ether oxygens (including phenoxy) is 1. The highest BCUT2D eigenvalue weighted by Gasteiger charge is 2.28. The lowest BCUT2D eigenvalue weighted by Gasteiger charge is -2.30. The number of esters is 1.